The third kappa shape index (κ3) is 9.51. The van der Waals surface area contributed by atoms with Crippen molar-refractivity contribution in [2.45, 2.75) is 18.4 Å². The van der Waals surface area contributed by atoms with Gasteiger partial charge in [-0.25, -0.2) is 14.6 Å². The quantitative estimate of drug-likeness (QED) is 0.195. The van der Waals surface area contributed by atoms with Crippen LogP contribution in [0.15, 0.2) is 54.9 Å². The molecule has 0 radical (unpaired) electrons. The first-order chi connectivity index (χ1) is 18.5. The van der Waals surface area contributed by atoms with Gasteiger partial charge in [0, 0.05) is 16.8 Å². The zero-order valence-corrected chi connectivity index (χ0v) is 21.0. The summed E-state index contributed by atoms with van der Waals surface area (Å²) < 4.78 is 64.4. The number of aliphatic carboxylic acids is 2. The van der Waals surface area contributed by atoms with E-state index in [1.807, 2.05) is 24.4 Å². The van der Waals surface area contributed by atoms with Crippen molar-refractivity contribution < 1.29 is 50.9 Å². The van der Waals surface area contributed by atoms with Crippen LogP contribution < -0.4 is 11.1 Å². The number of nitrogens with two attached hydrogens (primary N) is 1. The summed E-state index contributed by atoms with van der Waals surface area (Å²) >= 11 is 7.27. The second-order valence-corrected chi connectivity index (χ2v) is 8.78. The minimum absolute atomic E-state index is 0.318. The lowest BCUT2D eigenvalue weighted by Crippen LogP contribution is -2.27. The van der Waals surface area contributed by atoms with Gasteiger partial charge in [-0.2, -0.15) is 31.4 Å². The molecule has 1 atom stereocenters. The minimum Gasteiger partial charge on any atom is -0.475 e. The largest absolute Gasteiger partial charge is 0.490 e. The standard InChI is InChI=1S/C18H14ClN5OS.2C2HF3O2/c19-13-4-1-10(2-5-13)16(20)17(25)24-18-23-14-6-3-11(7-15(14)26-18)12-8-21-22-9-12;2*3-2(4,5)1(6)7/h1-9,16H,20H2,(H,21,22)(H,23,24,25);2*(H,6,7). The Kier molecular flexibility index (Phi) is 10.6. The van der Waals surface area contributed by atoms with Crippen LogP contribution in [0.2, 0.25) is 5.02 Å². The van der Waals surface area contributed by atoms with Crippen molar-refractivity contribution >= 4 is 56.1 Å². The van der Waals surface area contributed by atoms with Crippen molar-refractivity contribution in [2.24, 2.45) is 5.73 Å². The third-order valence-electron chi connectivity index (χ3n) is 4.45. The molecule has 2 aromatic carbocycles. The lowest BCUT2D eigenvalue weighted by atomic mass is 10.1. The number of H-pyrrole nitrogens is 1. The molecule has 0 bridgehead atoms. The smallest absolute Gasteiger partial charge is 0.475 e. The molecule has 0 aliphatic carbocycles. The van der Waals surface area contributed by atoms with Gasteiger partial charge in [-0.1, -0.05) is 41.1 Å². The Hall–Kier alpha value is -4.22. The van der Waals surface area contributed by atoms with E-state index in [9.17, 15) is 31.1 Å². The van der Waals surface area contributed by atoms with E-state index < -0.39 is 30.3 Å². The number of carboxylic acid groups (broad SMARTS) is 2. The van der Waals surface area contributed by atoms with Crippen molar-refractivity contribution in [3.8, 4) is 11.1 Å². The molecule has 1 unspecified atom stereocenters. The van der Waals surface area contributed by atoms with Crippen molar-refractivity contribution in [1.29, 1.82) is 0 Å². The average Bonchev–Trinajstić information content (AvgIpc) is 3.53. The molecule has 214 valence electrons. The first-order valence-electron chi connectivity index (χ1n) is 10.3. The number of carbonyl (C=O) groups excluding carboxylic acids is 1. The molecule has 0 spiro atoms. The highest BCUT2D eigenvalue weighted by Crippen LogP contribution is 2.30. The molecule has 1 amide bonds. The van der Waals surface area contributed by atoms with Gasteiger partial charge in [0.05, 0.1) is 16.4 Å². The van der Waals surface area contributed by atoms with Crippen LogP contribution in [0.1, 0.15) is 11.6 Å². The molecule has 2 aromatic heterocycles. The number of hydrogen-bond donors (Lipinski definition) is 5. The van der Waals surface area contributed by atoms with E-state index in [2.05, 4.69) is 20.5 Å². The number of halogens is 7. The number of benzene rings is 2. The van der Waals surface area contributed by atoms with Gasteiger partial charge in [-0.3, -0.25) is 9.89 Å². The maximum absolute atomic E-state index is 12.4. The molecule has 0 aliphatic rings. The van der Waals surface area contributed by atoms with Gasteiger partial charge in [0.1, 0.15) is 6.04 Å². The normalized spacial score (nSPS) is 11.9. The van der Waals surface area contributed by atoms with Crippen LogP contribution in [0, 0.1) is 0 Å². The molecule has 0 fully saturated rings. The fourth-order valence-electron chi connectivity index (χ4n) is 2.57. The Morgan fingerprint density at radius 1 is 0.950 bits per heavy atom. The number of alkyl halides is 6. The number of aromatic nitrogens is 3. The van der Waals surface area contributed by atoms with Crippen LogP contribution in [-0.4, -0.2) is 55.6 Å². The van der Waals surface area contributed by atoms with Crippen LogP contribution in [0.3, 0.4) is 0 Å². The van der Waals surface area contributed by atoms with E-state index in [1.165, 1.54) is 11.3 Å². The summed E-state index contributed by atoms with van der Waals surface area (Å²) in [4.78, 5) is 34.7. The van der Waals surface area contributed by atoms with Gasteiger partial charge in [0.2, 0.25) is 5.91 Å². The summed E-state index contributed by atoms with van der Waals surface area (Å²) in [5.41, 5.74) is 9.57. The summed E-state index contributed by atoms with van der Waals surface area (Å²) in [5.74, 6) is -5.83. The summed E-state index contributed by atoms with van der Waals surface area (Å²) in [6.45, 7) is 0. The van der Waals surface area contributed by atoms with Gasteiger partial charge in [-0.05, 0) is 35.4 Å². The number of aromatic amines is 1. The van der Waals surface area contributed by atoms with Gasteiger partial charge in [0.25, 0.3) is 0 Å². The van der Waals surface area contributed by atoms with Gasteiger partial charge in [-0.15, -0.1) is 0 Å². The van der Waals surface area contributed by atoms with Crippen molar-refractivity contribution in [3.63, 3.8) is 0 Å². The monoisotopic (exact) mass is 611 g/mol. The Balaban J connectivity index is 0.000000333. The maximum Gasteiger partial charge on any atom is 0.490 e. The van der Waals surface area contributed by atoms with E-state index in [4.69, 9.17) is 37.1 Å². The number of amides is 1. The Labute approximate surface area is 228 Å². The molecule has 6 N–H and O–H groups in total. The second kappa shape index (κ2) is 13.2. The fourth-order valence-corrected chi connectivity index (χ4v) is 3.61. The molecule has 10 nitrogen and oxygen atoms in total. The Morgan fingerprint density at radius 2 is 1.50 bits per heavy atom. The molecule has 18 heteroatoms. The molecular weight excluding hydrogens is 596 g/mol. The average molecular weight is 612 g/mol. The predicted octanol–water partition coefficient (Wildman–Crippen LogP) is 5.24. The van der Waals surface area contributed by atoms with Crippen molar-refractivity contribution in [1.82, 2.24) is 15.2 Å². The van der Waals surface area contributed by atoms with Gasteiger partial charge >= 0.3 is 24.3 Å². The topological polar surface area (TPSA) is 171 Å². The van der Waals surface area contributed by atoms with Crippen molar-refractivity contribution in [2.75, 3.05) is 5.32 Å². The number of anilines is 1. The van der Waals surface area contributed by atoms with Crippen LogP contribution in [0.4, 0.5) is 31.5 Å². The summed E-state index contributed by atoms with van der Waals surface area (Å²) in [7, 11) is 0. The lowest BCUT2D eigenvalue weighted by Gasteiger charge is -2.10. The van der Waals surface area contributed by atoms with Crippen LogP contribution in [0.5, 0.6) is 0 Å². The molecule has 2 heterocycles. The van der Waals surface area contributed by atoms with E-state index >= 15 is 0 Å². The number of nitrogens with one attached hydrogen (secondary N) is 2. The van der Waals surface area contributed by atoms with Crippen LogP contribution in [-0.2, 0) is 14.4 Å². The van der Waals surface area contributed by atoms with E-state index in [0.717, 1.165) is 21.3 Å². The van der Waals surface area contributed by atoms with E-state index in [0.29, 0.717) is 15.7 Å². The number of carboxylic acids is 2. The molecule has 40 heavy (non-hydrogen) atoms. The van der Waals surface area contributed by atoms with E-state index in [-0.39, 0.29) is 5.91 Å². The molecule has 0 saturated carbocycles. The highest BCUT2D eigenvalue weighted by atomic mass is 35.5. The fraction of sp³-hybridized carbons (Fsp3) is 0.136. The number of carbonyl (C=O) groups is 3. The highest BCUT2D eigenvalue weighted by molar-refractivity contribution is 7.22. The summed E-state index contributed by atoms with van der Waals surface area (Å²) in [6, 6.07) is 12.0. The first-order valence-corrected chi connectivity index (χ1v) is 11.5. The molecule has 0 aliphatic heterocycles. The Bertz CT molecular complexity index is 1440. The van der Waals surface area contributed by atoms with Crippen molar-refractivity contribution in [3.05, 3.63) is 65.4 Å². The summed E-state index contributed by atoms with van der Waals surface area (Å²) in [5, 5.41) is 24.9. The summed E-state index contributed by atoms with van der Waals surface area (Å²) in [6.07, 6.45) is -6.58. The van der Waals surface area contributed by atoms with Crippen LogP contribution in [0.25, 0.3) is 21.3 Å². The molecular formula is C22H16ClF6N5O5S. The van der Waals surface area contributed by atoms with Gasteiger partial charge in [0.15, 0.2) is 5.13 Å². The number of fused-ring (bicyclic) bond motifs is 1. The number of nitrogens with zero attached hydrogens (tertiary/aromatic N) is 2. The number of rotatable bonds is 4. The Morgan fingerprint density at radius 3 is 1.98 bits per heavy atom. The molecule has 0 saturated heterocycles. The SMILES string of the molecule is NC(C(=O)Nc1nc2ccc(-c3cn[nH]c3)cc2s1)c1ccc(Cl)cc1.O=C(O)C(F)(F)F.O=C(O)C(F)(F)F. The predicted molar refractivity (Wildman–Crippen MR) is 132 cm³/mol. The lowest BCUT2D eigenvalue weighted by molar-refractivity contribution is -0.193. The zero-order chi connectivity index (χ0) is 30.3. The van der Waals surface area contributed by atoms with Gasteiger partial charge < -0.3 is 21.3 Å². The minimum atomic E-state index is -5.08. The highest BCUT2D eigenvalue weighted by Gasteiger charge is 2.38. The maximum atomic E-state index is 12.4. The number of hydrogen-bond acceptors (Lipinski definition) is 7. The third-order valence-corrected chi connectivity index (χ3v) is 5.63. The molecule has 4 rings (SSSR count). The zero-order valence-electron chi connectivity index (χ0n) is 19.4. The van der Waals surface area contributed by atoms with E-state index in [1.54, 1.807) is 30.5 Å². The second-order valence-electron chi connectivity index (χ2n) is 7.31. The first kappa shape index (κ1) is 32.0. The van der Waals surface area contributed by atoms with Crippen LogP contribution >= 0.6 is 22.9 Å². The number of thiazole rings is 1. The molecule has 4 aromatic rings.